The molecule has 1 aromatic rings. The lowest BCUT2D eigenvalue weighted by molar-refractivity contribution is -0.115. The van der Waals surface area contributed by atoms with Crippen LogP contribution in [0.15, 0.2) is 44.1 Å². The Kier molecular flexibility index (Phi) is 3.87. The van der Waals surface area contributed by atoms with Crippen LogP contribution in [0.4, 0.5) is 0 Å². The Balaban J connectivity index is 2.18. The molecule has 1 aliphatic carbocycles. The highest BCUT2D eigenvalue weighted by atomic mass is 79.9. The molecule has 0 amide bonds. The molecule has 0 unspecified atom stereocenters. The first-order valence-corrected chi connectivity index (χ1v) is 6.94. The summed E-state index contributed by atoms with van der Waals surface area (Å²) < 4.78 is 1.09. The fraction of sp³-hybridized carbons (Fsp3) is 0.308. The summed E-state index contributed by atoms with van der Waals surface area (Å²) in [6.07, 6.45) is 2.75. The summed E-state index contributed by atoms with van der Waals surface area (Å²) in [6.45, 7) is 1.95. The highest BCUT2D eigenvalue weighted by molar-refractivity contribution is 9.10. The molecule has 0 aromatic heterocycles. The van der Waals surface area contributed by atoms with Crippen molar-refractivity contribution in [1.82, 2.24) is 0 Å². The Morgan fingerprint density at radius 2 is 1.88 bits per heavy atom. The van der Waals surface area contributed by atoms with Crippen molar-refractivity contribution in [3.05, 3.63) is 39.2 Å². The van der Waals surface area contributed by atoms with Crippen molar-refractivity contribution in [3.8, 4) is 0 Å². The summed E-state index contributed by atoms with van der Waals surface area (Å²) in [7, 11) is 0. The Morgan fingerprint density at radius 3 is 2.56 bits per heavy atom. The molecule has 84 valence electrons. The van der Waals surface area contributed by atoms with Gasteiger partial charge in [-0.3, -0.25) is 4.79 Å². The maximum Gasteiger partial charge on any atom is 0.159 e. The third-order valence-electron chi connectivity index (χ3n) is 2.70. The summed E-state index contributed by atoms with van der Waals surface area (Å²) in [4.78, 5) is 14.0. The molecule has 2 rings (SSSR count). The average Bonchev–Trinajstić information content (AvgIpc) is 2.28. The minimum Gasteiger partial charge on any atom is -0.295 e. The van der Waals surface area contributed by atoms with E-state index in [9.17, 15) is 4.79 Å². The van der Waals surface area contributed by atoms with Gasteiger partial charge in [0, 0.05) is 21.4 Å². The van der Waals surface area contributed by atoms with Crippen LogP contribution in [0.25, 0.3) is 0 Å². The second-order valence-electron chi connectivity index (χ2n) is 3.88. The minimum absolute atomic E-state index is 0.311. The fourth-order valence-electron chi connectivity index (χ4n) is 1.71. The van der Waals surface area contributed by atoms with Crippen LogP contribution in [-0.4, -0.2) is 5.78 Å². The highest BCUT2D eigenvalue weighted by Gasteiger charge is 2.17. The van der Waals surface area contributed by atoms with Crippen LogP contribution in [0, 0.1) is 0 Å². The van der Waals surface area contributed by atoms with Crippen molar-refractivity contribution < 1.29 is 4.79 Å². The van der Waals surface area contributed by atoms with Crippen LogP contribution >= 0.6 is 27.7 Å². The number of carbonyl (C=O) groups is 1. The normalized spacial score (nSPS) is 16.8. The Bertz CT molecular complexity index is 434. The molecular formula is C13H13BrOS. The number of ketones is 1. The van der Waals surface area contributed by atoms with Gasteiger partial charge in [-0.25, -0.2) is 0 Å². The number of benzene rings is 1. The van der Waals surface area contributed by atoms with Gasteiger partial charge in [0.15, 0.2) is 5.78 Å². The van der Waals surface area contributed by atoms with Crippen molar-refractivity contribution in [2.45, 2.75) is 31.1 Å². The quantitative estimate of drug-likeness (QED) is 0.795. The molecule has 1 aliphatic rings. The predicted octanol–water partition coefficient (Wildman–Crippen LogP) is 4.57. The maximum atomic E-state index is 11.6. The standard InChI is InChI=1S/C13H13BrOS/c1-9-12(15)3-2-4-13(9)16-11-7-5-10(14)6-8-11/h5-8H,2-4H2,1H3. The predicted molar refractivity (Wildman–Crippen MR) is 71.6 cm³/mol. The summed E-state index contributed by atoms with van der Waals surface area (Å²) in [5, 5.41) is 0. The number of hydrogen-bond donors (Lipinski definition) is 0. The molecule has 0 aliphatic heterocycles. The fourth-order valence-corrected chi connectivity index (χ4v) is 3.05. The van der Waals surface area contributed by atoms with E-state index in [1.165, 1.54) is 9.80 Å². The first-order valence-electron chi connectivity index (χ1n) is 5.33. The number of halogens is 1. The van der Waals surface area contributed by atoms with Crippen molar-refractivity contribution in [3.63, 3.8) is 0 Å². The Morgan fingerprint density at radius 1 is 1.19 bits per heavy atom. The largest absolute Gasteiger partial charge is 0.295 e. The van der Waals surface area contributed by atoms with E-state index >= 15 is 0 Å². The lowest BCUT2D eigenvalue weighted by Crippen LogP contribution is -2.07. The molecule has 1 aromatic carbocycles. The van der Waals surface area contributed by atoms with Gasteiger partial charge in [-0.1, -0.05) is 27.7 Å². The van der Waals surface area contributed by atoms with Gasteiger partial charge in [-0.15, -0.1) is 0 Å². The van der Waals surface area contributed by atoms with Gasteiger partial charge in [0.05, 0.1) is 0 Å². The maximum absolute atomic E-state index is 11.6. The molecule has 0 fully saturated rings. The van der Waals surface area contributed by atoms with Gasteiger partial charge in [0.2, 0.25) is 0 Å². The molecule has 3 heteroatoms. The zero-order chi connectivity index (χ0) is 11.5. The molecule has 0 atom stereocenters. The number of Topliss-reactive ketones (excluding diaryl/α,β-unsaturated/α-hetero) is 1. The second kappa shape index (κ2) is 5.19. The van der Waals surface area contributed by atoms with E-state index in [2.05, 4.69) is 28.1 Å². The van der Waals surface area contributed by atoms with Crippen molar-refractivity contribution in [2.75, 3.05) is 0 Å². The third kappa shape index (κ3) is 2.77. The monoisotopic (exact) mass is 296 g/mol. The summed E-state index contributed by atoms with van der Waals surface area (Å²) in [5.41, 5.74) is 0.958. The van der Waals surface area contributed by atoms with Gasteiger partial charge in [-0.2, -0.15) is 0 Å². The summed E-state index contributed by atoms with van der Waals surface area (Å²) in [6, 6.07) is 8.22. The number of hydrogen-bond acceptors (Lipinski definition) is 2. The molecule has 0 heterocycles. The van der Waals surface area contributed by atoms with Crippen LogP contribution in [0.1, 0.15) is 26.2 Å². The SMILES string of the molecule is CC1=C(Sc2ccc(Br)cc2)CCCC1=O. The van der Waals surface area contributed by atoms with Crippen LogP contribution in [-0.2, 0) is 4.79 Å². The number of carbonyl (C=O) groups excluding carboxylic acids is 1. The molecule has 0 saturated carbocycles. The molecule has 0 radical (unpaired) electrons. The van der Waals surface area contributed by atoms with E-state index in [0.717, 1.165) is 29.3 Å². The lowest BCUT2D eigenvalue weighted by atomic mass is 9.99. The average molecular weight is 297 g/mol. The first kappa shape index (κ1) is 11.9. The van der Waals surface area contributed by atoms with E-state index in [1.54, 1.807) is 11.8 Å². The molecule has 0 spiro atoms. The van der Waals surface area contributed by atoms with Crippen LogP contribution in [0.3, 0.4) is 0 Å². The van der Waals surface area contributed by atoms with E-state index in [-0.39, 0.29) is 0 Å². The van der Waals surface area contributed by atoms with Crippen molar-refractivity contribution >= 4 is 33.5 Å². The number of thioether (sulfide) groups is 1. The van der Waals surface area contributed by atoms with E-state index < -0.39 is 0 Å². The van der Waals surface area contributed by atoms with E-state index in [0.29, 0.717) is 5.78 Å². The van der Waals surface area contributed by atoms with E-state index in [1.807, 2.05) is 19.1 Å². The topological polar surface area (TPSA) is 17.1 Å². The second-order valence-corrected chi connectivity index (χ2v) is 5.96. The molecule has 0 bridgehead atoms. The Hall–Kier alpha value is -0.540. The van der Waals surface area contributed by atoms with Gasteiger partial charge < -0.3 is 0 Å². The molecule has 0 saturated heterocycles. The van der Waals surface area contributed by atoms with E-state index in [4.69, 9.17) is 0 Å². The van der Waals surface area contributed by atoms with Crippen molar-refractivity contribution in [2.24, 2.45) is 0 Å². The minimum atomic E-state index is 0.311. The first-order chi connectivity index (χ1) is 7.66. The third-order valence-corrected chi connectivity index (χ3v) is 4.49. The molecule has 1 nitrogen and oxygen atoms in total. The van der Waals surface area contributed by atoms with Gasteiger partial charge in [-0.05, 0) is 48.9 Å². The summed E-state index contributed by atoms with van der Waals surface area (Å²) >= 11 is 5.14. The molecule has 0 N–H and O–H groups in total. The smallest absolute Gasteiger partial charge is 0.159 e. The zero-order valence-electron chi connectivity index (χ0n) is 9.13. The van der Waals surface area contributed by atoms with Gasteiger partial charge >= 0.3 is 0 Å². The Labute approximate surface area is 108 Å². The van der Waals surface area contributed by atoms with Crippen LogP contribution in [0.5, 0.6) is 0 Å². The van der Waals surface area contributed by atoms with Crippen LogP contribution in [0.2, 0.25) is 0 Å². The molecule has 16 heavy (non-hydrogen) atoms. The summed E-state index contributed by atoms with van der Waals surface area (Å²) in [5.74, 6) is 0.311. The zero-order valence-corrected chi connectivity index (χ0v) is 11.5. The van der Waals surface area contributed by atoms with Crippen LogP contribution < -0.4 is 0 Å². The number of rotatable bonds is 2. The lowest BCUT2D eigenvalue weighted by Gasteiger charge is -2.16. The highest BCUT2D eigenvalue weighted by Crippen LogP contribution is 2.36. The van der Waals surface area contributed by atoms with Gasteiger partial charge in [0.1, 0.15) is 0 Å². The molecular weight excluding hydrogens is 284 g/mol. The number of allylic oxidation sites excluding steroid dienone is 2. The van der Waals surface area contributed by atoms with Crippen molar-refractivity contribution in [1.29, 1.82) is 0 Å². The van der Waals surface area contributed by atoms with Gasteiger partial charge in [0.25, 0.3) is 0 Å².